The van der Waals surface area contributed by atoms with Gasteiger partial charge in [0.1, 0.15) is 12.0 Å². The van der Waals surface area contributed by atoms with E-state index < -0.39 is 12.1 Å². The number of hydrogen-bond acceptors (Lipinski definition) is 5. The van der Waals surface area contributed by atoms with Gasteiger partial charge < -0.3 is 9.52 Å². The van der Waals surface area contributed by atoms with Gasteiger partial charge in [0.15, 0.2) is 0 Å². The maximum absolute atomic E-state index is 12.5. The SMILES string of the molecule is Cc1c[n+]2c(o1)N=C1C2C(=O)N(CCCO)C(=O)N1C. The maximum Gasteiger partial charge on any atom is 0.506 e. The number of aliphatic imine (C=N–C) groups is 1. The molecule has 0 aliphatic carbocycles. The Hall–Kier alpha value is -2.22. The first-order chi connectivity index (χ1) is 9.54. The van der Waals surface area contributed by atoms with E-state index in [0.717, 1.165) is 4.90 Å². The molecule has 1 aromatic rings. The quantitative estimate of drug-likeness (QED) is 0.772. The molecule has 8 heteroatoms. The minimum Gasteiger partial charge on any atom is -0.396 e. The summed E-state index contributed by atoms with van der Waals surface area (Å²) >= 11 is 0. The van der Waals surface area contributed by atoms with E-state index in [2.05, 4.69) is 4.99 Å². The molecule has 1 fully saturated rings. The summed E-state index contributed by atoms with van der Waals surface area (Å²) < 4.78 is 7.02. The molecule has 2 aliphatic heterocycles. The van der Waals surface area contributed by atoms with E-state index in [4.69, 9.17) is 9.52 Å². The van der Waals surface area contributed by atoms with Crippen LogP contribution < -0.4 is 4.57 Å². The molecule has 1 aromatic heterocycles. The van der Waals surface area contributed by atoms with Crippen molar-refractivity contribution >= 4 is 23.8 Å². The second kappa shape index (κ2) is 4.41. The molecule has 20 heavy (non-hydrogen) atoms. The standard InChI is InChI=1S/C12H15N4O4/c1-7-6-16-8-9(13-11(16)20-7)14(2)12(19)15(10(8)18)4-3-5-17/h6,8,17H,3-5H2,1-2H3/q+1. The molecule has 8 nitrogen and oxygen atoms in total. The number of fused-ring (bicyclic) bond motifs is 3. The van der Waals surface area contributed by atoms with Crippen LogP contribution in [0.4, 0.5) is 10.8 Å². The third-order valence-electron chi connectivity index (χ3n) is 3.43. The van der Waals surface area contributed by atoms with E-state index in [1.54, 1.807) is 24.7 Å². The number of carbonyl (C=O) groups is 2. The number of aromatic nitrogens is 1. The zero-order chi connectivity index (χ0) is 14.4. The summed E-state index contributed by atoms with van der Waals surface area (Å²) in [6.07, 6.45) is 2.05. The number of imide groups is 1. The number of carbonyl (C=O) groups excluding carboxylic acids is 2. The van der Waals surface area contributed by atoms with Crippen LogP contribution in [-0.2, 0) is 4.79 Å². The normalized spacial score (nSPS) is 21.1. The molecule has 1 saturated heterocycles. The average molecular weight is 279 g/mol. The predicted octanol–water partition coefficient (Wildman–Crippen LogP) is -0.263. The van der Waals surface area contributed by atoms with Crippen LogP contribution in [0.25, 0.3) is 0 Å². The average Bonchev–Trinajstić information content (AvgIpc) is 2.92. The number of rotatable bonds is 3. The number of aliphatic hydroxyl groups excluding tert-OH is 1. The van der Waals surface area contributed by atoms with Crippen molar-refractivity contribution in [3.05, 3.63) is 12.0 Å². The molecule has 0 aromatic carbocycles. The second-order valence-electron chi connectivity index (χ2n) is 4.81. The van der Waals surface area contributed by atoms with Crippen molar-refractivity contribution in [3.8, 4) is 0 Å². The Morgan fingerprint density at radius 3 is 2.95 bits per heavy atom. The summed E-state index contributed by atoms with van der Waals surface area (Å²) in [5, 5.41) is 8.88. The number of likely N-dealkylation sites (N-methyl/N-ethyl adjacent to an activating group) is 1. The minimum absolute atomic E-state index is 0.0738. The van der Waals surface area contributed by atoms with E-state index in [1.165, 1.54) is 4.90 Å². The maximum atomic E-state index is 12.5. The van der Waals surface area contributed by atoms with Gasteiger partial charge in [-0.3, -0.25) is 14.6 Å². The molecule has 0 bridgehead atoms. The van der Waals surface area contributed by atoms with Crippen molar-refractivity contribution in [1.29, 1.82) is 0 Å². The second-order valence-corrected chi connectivity index (χ2v) is 4.81. The van der Waals surface area contributed by atoms with Crippen LogP contribution in [0.1, 0.15) is 18.2 Å². The van der Waals surface area contributed by atoms with Gasteiger partial charge in [-0.2, -0.15) is 4.57 Å². The molecule has 0 saturated carbocycles. The number of urea groups is 1. The molecule has 3 heterocycles. The molecule has 3 amide bonds. The number of amides is 3. The first-order valence-electron chi connectivity index (χ1n) is 6.34. The molecular weight excluding hydrogens is 264 g/mol. The van der Waals surface area contributed by atoms with Gasteiger partial charge in [-0.15, -0.1) is 0 Å². The molecule has 2 aliphatic rings. The molecule has 1 unspecified atom stereocenters. The van der Waals surface area contributed by atoms with Crippen LogP contribution in [0.5, 0.6) is 0 Å². The van der Waals surface area contributed by atoms with E-state index >= 15 is 0 Å². The van der Waals surface area contributed by atoms with Gasteiger partial charge in [-0.25, -0.2) is 4.79 Å². The topological polar surface area (TPSA) is 90.2 Å². The van der Waals surface area contributed by atoms with Gasteiger partial charge >= 0.3 is 12.0 Å². The summed E-state index contributed by atoms with van der Waals surface area (Å²) in [5.74, 6) is 0.681. The minimum atomic E-state index is -0.663. The van der Waals surface area contributed by atoms with Crippen molar-refractivity contribution in [2.24, 2.45) is 4.99 Å². The number of oxazole rings is 1. The molecule has 0 spiro atoms. The van der Waals surface area contributed by atoms with Crippen LogP contribution in [0, 0.1) is 6.92 Å². The lowest BCUT2D eigenvalue weighted by atomic mass is 10.1. The zero-order valence-electron chi connectivity index (χ0n) is 11.2. The first kappa shape index (κ1) is 12.8. The highest BCUT2D eigenvalue weighted by molar-refractivity contribution is 6.18. The zero-order valence-corrected chi connectivity index (χ0v) is 11.2. The van der Waals surface area contributed by atoms with Crippen LogP contribution >= 0.6 is 0 Å². The smallest absolute Gasteiger partial charge is 0.396 e. The van der Waals surface area contributed by atoms with Crippen LogP contribution in [0.15, 0.2) is 15.6 Å². The van der Waals surface area contributed by atoms with Crippen LogP contribution in [-0.4, -0.2) is 52.9 Å². The molecule has 3 rings (SSSR count). The summed E-state index contributed by atoms with van der Waals surface area (Å²) in [5.41, 5.74) is 0. The monoisotopic (exact) mass is 279 g/mol. The Morgan fingerprint density at radius 2 is 2.25 bits per heavy atom. The lowest BCUT2D eigenvalue weighted by molar-refractivity contribution is -0.679. The van der Waals surface area contributed by atoms with E-state index in [9.17, 15) is 9.59 Å². The third kappa shape index (κ3) is 1.64. The van der Waals surface area contributed by atoms with E-state index in [-0.39, 0.29) is 19.1 Å². The highest BCUT2D eigenvalue weighted by Gasteiger charge is 2.54. The van der Waals surface area contributed by atoms with Gasteiger partial charge in [0.25, 0.3) is 17.8 Å². The van der Waals surface area contributed by atoms with Crippen molar-refractivity contribution in [1.82, 2.24) is 9.80 Å². The fraction of sp³-hybridized carbons (Fsp3) is 0.500. The van der Waals surface area contributed by atoms with Gasteiger partial charge in [0.2, 0.25) is 0 Å². The van der Waals surface area contributed by atoms with E-state index in [1.807, 2.05) is 0 Å². The van der Waals surface area contributed by atoms with Crippen molar-refractivity contribution in [2.45, 2.75) is 19.4 Å². The lowest BCUT2D eigenvalue weighted by Gasteiger charge is -2.31. The summed E-state index contributed by atoms with van der Waals surface area (Å²) in [6.45, 7) is 1.89. The predicted molar refractivity (Wildman–Crippen MR) is 66.3 cm³/mol. The van der Waals surface area contributed by atoms with Gasteiger partial charge in [-0.1, -0.05) is 0 Å². The number of amidine groups is 1. The van der Waals surface area contributed by atoms with Crippen molar-refractivity contribution in [3.63, 3.8) is 0 Å². The number of nitrogens with zero attached hydrogens (tertiary/aromatic N) is 4. The van der Waals surface area contributed by atoms with Crippen LogP contribution in [0.2, 0.25) is 0 Å². The van der Waals surface area contributed by atoms with Gasteiger partial charge in [-0.05, 0) is 13.3 Å². The lowest BCUT2D eigenvalue weighted by Crippen LogP contribution is -2.62. The fourth-order valence-electron chi connectivity index (χ4n) is 2.47. The number of hydrogen-bond donors (Lipinski definition) is 1. The van der Waals surface area contributed by atoms with Gasteiger partial charge in [0, 0.05) is 25.2 Å². The van der Waals surface area contributed by atoms with Crippen LogP contribution in [0.3, 0.4) is 0 Å². The number of aliphatic hydroxyl groups is 1. The highest BCUT2D eigenvalue weighted by Crippen LogP contribution is 2.28. The molecule has 0 radical (unpaired) electrons. The summed E-state index contributed by atoms with van der Waals surface area (Å²) in [4.78, 5) is 31.4. The molecule has 1 atom stereocenters. The number of aryl methyl sites for hydroxylation is 1. The highest BCUT2D eigenvalue weighted by atomic mass is 16.4. The molecular formula is C12H15N4O4+. The van der Waals surface area contributed by atoms with Crippen molar-refractivity contribution in [2.75, 3.05) is 20.2 Å². The fourth-order valence-corrected chi connectivity index (χ4v) is 2.47. The first-order valence-corrected chi connectivity index (χ1v) is 6.34. The summed E-state index contributed by atoms with van der Waals surface area (Å²) in [6, 6.07) is -0.774. The Morgan fingerprint density at radius 1 is 1.50 bits per heavy atom. The Kier molecular flexibility index (Phi) is 2.82. The third-order valence-corrected chi connectivity index (χ3v) is 3.43. The van der Waals surface area contributed by atoms with Gasteiger partial charge in [0.05, 0.1) is 0 Å². The van der Waals surface area contributed by atoms with E-state index in [0.29, 0.717) is 24.0 Å². The Labute approximate surface area is 114 Å². The molecule has 1 N–H and O–H groups in total. The van der Waals surface area contributed by atoms with Crippen molar-refractivity contribution < 1.29 is 23.7 Å². The largest absolute Gasteiger partial charge is 0.506 e. The Balaban J connectivity index is 1.99. The molecule has 106 valence electrons. The summed E-state index contributed by atoms with van der Waals surface area (Å²) in [7, 11) is 1.58. The Bertz CT molecular complexity index is 621.